The Labute approximate surface area is 156 Å². The van der Waals surface area contributed by atoms with E-state index in [1.54, 1.807) is 6.92 Å². The molecule has 0 saturated heterocycles. The third kappa shape index (κ3) is 5.69. The van der Waals surface area contributed by atoms with Gasteiger partial charge in [0.2, 0.25) is 0 Å². The van der Waals surface area contributed by atoms with Crippen molar-refractivity contribution in [3.8, 4) is 5.75 Å². The maximum Gasteiger partial charge on any atom is 0.417 e. The minimum absolute atomic E-state index is 0.185. The van der Waals surface area contributed by atoms with Gasteiger partial charge in [0.25, 0.3) is 0 Å². The van der Waals surface area contributed by atoms with E-state index in [2.05, 4.69) is 0 Å². The summed E-state index contributed by atoms with van der Waals surface area (Å²) in [5, 5.41) is 18.1. The van der Waals surface area contributed by atoms with E-state index >= 15 is 0 Å². The molecule has 1 aromatic rings. The van der Waals surface area contributed by atoms with Crippen molar-refractivity contribution in [1.29, 1.82) is 5.41 Å². The lowest BCUT2D eigenvalue weighted by molar-refractivity contribution is -0.264. The topological polar surface area (TPSA) is 62.5 Å². The van der Waals surface area contributed by atoms with E-state index in [0.717, 1.165) is 12.1 Å². The predicted molar refractivity (Wildman–Crippen MR) is 94.5 cm³/mol. The zero-order chi connectivity index (χ0) is 21.0. The van der Waals surface area contributed by atoms with Gasteiger partial charge in [0.15, 0.2) is 11.5 Å². The zero-order valence-electron chi connectivity index (χ0n) is 16.0. The molecule has 1 rings (SSSR count). The fourth-order valence-corrected chi connectivity index (χ4v) is 2.85. The molecular weight excluding hydrogens is 366 g/mol. The first-order valence-corrected chi connectivity index (χ1v) is 8.27. The van der Waals surface area contributed by atoms with Crippen LogP contribution in [0, 0.1) is 11.2 Å². The highest BCUT2D eigenvalue weighted by Crippen LogP contribution is 2.45. The normalized spacial score (nSPS) is 15.3. The van der Waals surface area contributed by atoms with Crippen LogP contribution in [-0.4, -0.2) is 29.9 Å². The minimum atomic E-state index is -5.02. The molecule has 1 aromatic carbocycles. The van der Waals surface area contributed by atoms with Crippen LogP contribution in [0.2, 0.25) is 0 Å². The van der Waals surface area contributed by atoms with Crippen LogP contribution in [0.25, 0.3) is 0 Å². The van der Waals surface area contributed by atoms with Crippen LogP contribution in [0.3, 0.4) is 0 Å². The summed E-state index contributed by atoms with van der Waals surface area (Å²) in [6, 6.07) is 3.54. The highest BCUT2D eigenvalue weighted by Gasteiger charge is 2.57. The summed E-state index contributed by atoms with van der Waals surface area (Å²) < 4.78 is 64.8. The quantitative estimate of drug-likeness (QED) is 0.294. The molecule has 0 saturated carbocycles. The summed E-state index contributed by atoms with van der Waals surface area (Å²) >= 11 is 0. The Morgan fingerprint density at radius 1 is 1.26 bits per heavy atom. The van der Waals surface area contributed by atoms with Crippen LogP contribution in [0.1, 0.15) is 46.1 Å². The summed E-state index contributed by atoms with van der Waals surface area (Å²) in [4.78, 5) is 0. The van der Waals surface area contributed by atoms with Gasteiger partial charge in [-0.25, -0.2) is 4.39 Å². The Bertz CT molecular complexity index is 713. The average Bonchev–Trinajstić information content (AvgIpc) is 2.52. The molecule has 0 aromatic heterocycles. The summed E-state index contributed by atoms with van der Waals surface area (Å²) in [5.74, 6) is -0.890. The Morgan fingerprint density at radius 3 is 2.33 bits per heavy atom. The number of nitrogens with one attached hydrogen (secondary N) is 1. The maximum atomic E-state index is 13.7. The third-order valence-corrected chi connectivity index (χ3v) is 4.30. The smallest absolute Gasteiger partial charge is 0.417 e. The number of allylic oxidation sites excluding steroid dienone is 2. The van der Waals surface area contributed by atoms with E-state index in [9.17, 15) is 22.7 Å². The van der Waals surface area contributed by atoms with E-state index in [1.165, 1.54) is 40.0 Å². The van der Waals surface area contributed by atoms with Gasteiger partial charge in [0.1, 0.15) is 11.6 Å². The highest BCUT2D eigenvalue weighted by molar-refractivity contribution is 5.75. The standard InChI is InChI=1S/C19H25F4NO3/c1-6-12(2)27-16(24)10-18(25,19(21,22)23)11-17(3,4)14-9-13(20)7-8-15(14)26-5/h6-9,24-25H,10-11H2,1-5H3/b12-6+,24-16?. The SMILES string of the molecule is C/C=C(\C)OC(=N)CC(O)(CC(C)(C)c1cc(F)ccc1OC)C(F)(F)F. The molecular formula is C19H25F4NO3. The Morgan fingerprint density at radius 2 is 1.85 bits per heavy atom. The third-order valence-electron chi connectivity index (χ3n) is 4.30. The molecule has 8 heteroatoms. The predicted octanol–water partition coefficient (Wildman–Crippen LogP) is 5.10. The Kier molecular flexibility index (Phi) is 7.05. The van der Waals surface area contributed by atoms with Gasteiger partial charge in [0, 0.05) is 5.56 Å². The van der Waals surface area contributed by atoms with E-state index in [0.29, 0.717) is 0 Å². The van der Waals surface area contributed by atoms with Crippen molar-refractivity contribution >= 4 is 5.90 Å². The van der Waals surface area contributed by atoms with Crippen molar-refractivity contribution in [2.45, 2.75) is 57.7 Å². The molecule has 0 aliphatic carbocycles. The molecule has 1 atom stereocenters. The molecule has 0 heterocycles. The summed E-state index contributed by atoms with van der Waals surface area (Å²) in [5.41, 5.74) is -4.36. The number of alkyl halides is 3. The number of aliphatic hydroxyl groups is 1. The van der Waals surface area contributed by atoms with Gasteiger partial charge in [-0.2, -0.15) is 13.2 Å². The fourth-order valence-electron chi connectivity index (χ4n) is 2.85. The van der Waals surface area contributed by atoms with E-state index in [4.69, 9.17) is 14.9 Å². The maximum absolute atomic E-state index is 13.7. The molecule has 1 unspecified atom stereocenters. The molecule has 0 aliphatic heterocycles. The number of hydrogen-bond donors (Lipinski definition) is 2. The highest BCUT2D eigenvalue weighted by atomic mass is 19.4. The second kappa shape index (κ2) is 8.29. The van der Waals surface area contributed by atoms with Crippen LogP contribution < -0.4 is 4.74 Å². The second-order valence-corrected chi connectivity index (χ2v) is 7.04. The van der Waals surface area contributed by atoms with E-state index < -0.39 is 41.7 Å². The number of benzene rings is 1. The van der Waals surface area contributed by atoms with Crippen molar-refractivity contribution in [1.82, 2.24) is 0 Å². The summed E-state index contributed by atoms with van der Waals surface area (Å²) in [7, 11) is 1.33. The first-order valence-electron chi connectivity index (χ1n) is 8.27. The van der Waals surface area contributed by atoms with Gasteiger partial charge in [-0.15, -0.1) is 0 Å². The Balaban J connectivity index is 3.26. The van der Waals surface area contributed by atoms with Gasteiger partial charge >= 0.3 is 6.18 Å². The van der Waals surface area contributed by atoms with Crippen molar-refractivity contribution in [3.05, 3.63) is 41.4 Å². The van der Waals surface area contributed by atoms with Gasteiger partial charge in [0.05, 0.1) is 19.3 Å². The largest absolute Gasteiger partial charge is 0.496 e. The van der Waals surface area contributed by atoms with Crippen LogP contribution >= 0.6 is 0 Å². The molecule has 27 heavy (non-hydrogen) atoms. The monoisotopic (exact) mass is 391 g/mol. The molecule has 0 radical (unpaired) electrons. The molecule has 0 amide bonds. The summed E-state index contributed by atoms with van der Waals surface area (Å²) in [6.45, 7) is 5.99. The second-order valence-electron chi connectivity index (χ2n) is 7.04. The minimum Gasteiger partial charge on any atom is -0.496 e. The van der Waals surface area contributed by atoms with Gasteiger partial charge in [-0.1, -0.05) is 13.8 Å². The molecule has 0 fully saturated rings. The first-order chi connectivity index (χ1) is 12.3. The van der Waals surface area contributed by atoms with Crippen molar-refractivity contribution in [3.63, 3.8) is 0 Å². The zero-order valence-corrected chi connectivity index (χ0v) is 16.0. The van der Waals surface area contributed by atoms with Crippen LogP contribution in [0.5, 0.6) is 5.75 Å². The Hall–Kier alpha value is -2.09. The molecule has 0 spiro atoms. The molecule has 0 aliphatic rings. The van der Waals surface area contributed by atoms with Crippen molar-refractivity contribution < 1.29 is 32.1 Å². The lowest BCUT2D eigenvalue weighted by Crippen LogP contribution is -2.50. The molecule has 0 bridgehead atoms. The van der Waals surface area contributed by atoms with Gasteiger partial charge < -0.3 is 14.6 Å². The number of hydrogen-bond acceptors (Lipinski definition) is 4. The average molecular weight is 391 g/mol. The van der Waals surface area contributed by atoms with Crippen LogP contribution in [0.15, 0.2) is 30.0 Å². The van der Waals surface area contributed by atoms with Crippen molar-refractivity contribution in [2.75, 3.05) is 7.11 Å². The van der Waals surface area contributed by atoms with Gasteiger partial charge in [-0.05, 0) is 50.0 Å². The first kappa shape index (κ1) is 23.0. The van der Waals surface area contributed by atoms with E-state index in [-0.39, 0.29) is 17.1 Å². The fraction of sp³-hybridized carbons (Fsp3) is 0.526. The number of halogens is 4. The molecule has 2 N–H and O–H groups in total. The van der Waals surface area contributed by atoms with Crippen LogP contribution in [-0.2, 0) is 10.2 Å². The van der Waals surface area contributed by atoms with E-state index in [1.807, 2.05) is 0 Å². The lowest BCUT2D eigenvalue weighted by atomic mass is 9.73. The molecule has 4 nitrogen and oxygen atoms in total. The number of rotatable bonds is 7. The number of methoxy groups -OCH3 is 1. The lowest BCUT2D eigenvalue weighted by Gasteiger charge is -2.38. The molecule has 152 valence electrons. The number of ether oxygens (including phenoxy) is 2. The van der Waals surface area contributed by atoms with Gasteiger partial charge in [-0.3, -0.25) is 5.41 Å². The van der Waals surface area contributed by atoms with Crippen LogP contribution in [0.4, 0.5) is 17.6 Å². The van der Waals surface area contributed by atoms with Crippen molar-refractivity contribution in [2.24, 2.45) is 0 Å². The summed E-state index contributed by atoms with van der Waals surface area (Å²) in [6.07, 6.45) is -5.42.